The molecule has 5 aromatic rings. The molecular weight excluding hydrogens is 510 g/mol. The third kappa shape index (κ3) is 5.32. The number of para-hydroxylation sites is 1. The number of benzene rings is 3. The monoisotopic (exact) mass is 535 g/mol. The first-order chi connectivity index (χ1) is 19.5. The van der Waals surface area contributed by atoms with Gasteiger partial charge in [0.05, 0.1) is 26.1 Å². The lowest BCUT2D eigenvalue weighted by molar-refractivity contribution is -0.112. The van der Waals surface area contributed by atoms with Gasteiger partial charge in [0.15, 0.2) is 5.82 Å². The van der Waals surface area contributed by atoms with Crippen molar-refractivity contribution in [1.82, 2.24) is 14.3 Å². The highest BCUT2D eigenvalue weighted by molar-refractivity contribution is 6.46. The van der Waals surface area contributed by atoms with Gasteiger partial charge < -0.3 is 20.1 Å². The van der Waals surface area contributed by atoms with E-state index >= 15 is 0 Å². The number of nitrogens with one attached hydrogen (secondary N) is 2. The molecule has 40 heavy (non-hydrogen) atoms. The Morgan fingerprint density at radius 1 is 0.725 bits per heavy atom. The lowest BCUT2D eigenvalue weighted by atomic mass is 10.2. The van der Waals surface area contributed by atoms with Gasteiger partial charge in [0.1, 0.15) is 22.8 Å². The van der Waals surface area contributed by atoms with Crippen LogP contribution in [0.5, 0.6) is 11.5 Å². The second-order valence-electron chi connectivity index (χ2n) is 8.59. The molecule has 0 fully saturated rings. The zero-order valence-electron chi connectivity index (χ0n) is 21.7. The SMILES string of the molecule is COc1ccc(NC(=O)C(=O)c2cccn2-c2c(C(=O)Nc3ccc(OC)cc3)cnn2-c2ccccc2)cc1. The van der Waals surface area contributed by atoms with Crippen LogP contribution in [0, 0.1) is 0 Å². The molecule has 0 unspecified atom stereocenters. The van der Waals surface area contributed by atoms with Gasteiger partial charge in [0.2, 0.25) is 0 Å². The summed E-state index contributed by atoms with van der Waals surface area (Å²) in [5.41, 5.74) is 1.90. The number of hydrogen-bond donors (Lipinski definition) is 2. The standard InChI is InChI=1S/C30H25N5O5/c1-39-23-14-10-20(11-15-23)32-28(37)25-19-31-35(22-7-4-3-5-8-22)30(25)34-18-6-9-26(34)27(36)29(38)33-21-12-16-24(40-2)17-13-21/h3-19H,1-2H3,(H,32,37)(H,33,38). The minimum absolute atomic E-state index is 0.0576. The summed E-state index contributed by atoms with van der Waals surface area (Å²) in [7, 11) is 3.10. The van der Waals surface area contributed by atoms with E-state index in [0.29, 0.717) is 34.4 Å². The highest BCUT2D eigenvalue weighted by Crippen LogP contribution is 2.24. The summed E-state index contributed by atoms with van der Waals surface area (Å²) in [6.45, 7) is 0. The van der Waals surface area contributed by atoms with Gasteiger partial charge in [-0.3, -0.25) is 19.0 Å². The van der Waals surface area contributed by atoms with Crippen LogP contribution in [0.2, 0.25) is 0 Å². The van der Waals surface area contributed by atoms with Crippen molar-refractivity contribution in [1.29, 1.82) is 0 Å². The number of anilines is 2. The van der Waals surface area contributed by atoms with Crippen LogP contribution in [-0.2, 0) is 4.79 Å². The third-order valence-electron chi connectivity index (χ3n) is 6.10. The molecule has 0 saturated heterocycles. The van der Waals surface area contributed by atoms with Crippen LogP contribution in [0.4, 0.5) is 11.4 Å². The molecule has 2 aromatic heterocycles. The summed E-state index contributed by atoms with van der Waals surface area (Å²) < 4.78 is 13.3. The van der Waals surface area contributed by atoms with Crippen molar-refractivity contribution in [2.75, 3.05) is 24.9 Å². The average Bonchev–Trinajstić information content (AvgIpc) is 3.65. The minimum Gasteiger partial charge on any atom is -0.497 e. The van der Waals surface area contributed by atoms with E-state index in [2.05, 4.69) is 15.7 Å². The predicted octanol–water partition coefficient (Wildman–Crippen LogP) is 4.75. The van der Waals surface area contributed by atoms with Crippen LogP contribution >= 0.6 is 0 Å². The molecular formula is C30H25N5O5. The van der Waals surface area contributed by atoms with Gasteiger partial charge in [0, 0.05) is 17.6 Å². The molecule has 0 bridgehead atoms. The maximum atomic E-state index is 13.5. The van der Waals surface area contributed by atoms with Gasteiger partial charge in [-0.1, -0.05) is 18.2 Å². The number of ketones is 1. The van der Waals surface area contributed by atoms with Gasteiger partial charge >= 0.3 is 0 Å². The van der Waals surface area contributed by atoms with E-state index in [0.717, 1.165) is 0 Å². The number of carbonyl (C=O) groups excluding carboxylic acids is 3. The number of amides is 2. The van der Waals surface area contributed by atoms with E-state index < -0.39 is 17.6 Å². The number of carbonyl (C=O) groups is 3. The van der Waals surface area contributed by atoms with Gasteiger partial charge in [-0.2, -0.15) is 5.10 Å². The maximum absolute atomic E-state index is 13.5. The fraction of sp³-hybridized carbons (Fsp3) is 0.0667. The summed E-state index contributed by atoms with van der Waals surface area (Å²) in [6.07, 6.45) is 3.03. The number of Topliss-reactive ketones (excluding diaryl/α,β-unsaturated/α-hetero) is 1. The molecule has 10 nitrogen and oxygen atoms in total. The Balaban J connectivity index is 1.50. The Hall–Kier alpha value is -5.64. The summed E-state index contributed by atoms with van der Waals surface area (Å²) in [5.74, 6) is -0.505. The van der Waals surface area contributed by atoms with Crippen molar-refractivity contribution in [3.8, 4) is 23.0 Å². The fourth-order valence-corrected chi connectivity index (χ4v) is 4.09. The quantitative estimate of drug-likeness (QED) is 0.208. The van der Waals surface area contributed by atoms with Crippen molar-refractivity contribution in [2.45, 2.75) is 0 Å². The van der Waals surface area contributed by atoms with Crippen molar-refractivity contribution in [3.05, 3.63) is 115 Å². The molecule has 0 spiro atoms. The molecule has 200 valence electrons. The van der Waals surface area contributed by atoms with E-state index in [1.54, 1.807) is 72.6 Å². The third-order valence-corrected chi connectivity index (χ3v) is 6.10. The second-order valence-corrected chi connectivity index (χ2v) is 8.59. The van der Waals surface area contributed by atoms with Gasteiger partial charge in [-0.25, -0.2) is 4.68 Å². The first kappa shape index (κ1) is 26.0. The number of methoxy groups -OCH3 is 2. The van der Waals surface area contributed by atoms with E-state index in [4.69, 9.17) is 9.47 Å². The van der Waals surface area contributed by atoms with Crippen LogP contribution in [-0.4, -0.2) is 46.2 Å². The van der Waals surface area contributed by atoms with Crippen molar-refractivity contribution in [3.63, 3.8) is 0 Å². The van der Waals surface area contributed by atoms with Crippen LogP contribution in [0.15, 0.2) is 103 Å². The second kappa shape index (κ2) is 11.4. The molecule has 2 heterocycles. The van der Waals surface area contributed by atoms with Gasteiger partial charge in [0.25, 0.3) is 17.6 Å². The van der Waals surface area contributed by atoms with Crippen LogP contribution in [0.1, 0.15) is 20.8 Å². The number of aromatic nitrogens is 3. The largest absolute Gasteiger partial charge is 0.497 e. The van der Waals surface area contributed by atoms with Gasteiger partial charge in [-0.05, 0) is 72.8 Å². The van der Waals surface area contributed by atoms with Gasteiger partial charge in [-0.15, -0.1) is 0 Å². The fourth-order valence-electron chi connectivity index (χ4n) is 4.09. The zero-order valence-corrected chi connectivity index (χ0v) is 21.7. The maximum Gasteiger partial charge on any atom is 0.298 e. The lowest BCUT2D eigenvalue weighted by Gasteiger charge is -2.14. The Labute approximate surface area is 229 Å². The molecule has 5 rings (SSSR count). The van der Waals surface area contributed by atoms with Crippen LogP contribution in [0.3, 0.4) is 0 Å². The Bertz CT molecular complexity index is 1660. The molecule has 0 atom stereocenters. The number of hydrogen-bond acceptors (Lipinski definition) is 6. The normalized spacial score (nSPS) is 10.6. The molecule has 3 aromatic carbocycles. The summed E-state index contributed by atoms with van der Waals surface area (Å²) in [4.78, 5) is 39.7. The van der Waals surface area contributed by atoms with E-state index in [9.17, 15) is 14.4 Å². The summed E-state index contributed by atoms with van der Waals surface area (Å²) in [6, 6.07) is 25.8. The highest BCUT2D eigenvalue weighted by Gasteiger charge is 2.26. The van der Waals surface area contributed by atoms with Crippen molar-refractivity contribution in [2.24, 2.45) is 0 Å². The van der Waals surface area contributed by atoms with E-state index in [-0.39, 0.29) is 11.3 Å². The number of rotatable bonds is 9. The number of nitrogens with zero attached hydrogens (tertiary/aromatic N) is 3. The summed E-state index contributed by atoms with van der Waals surface area (Å²) in [5, 5.41) is 9.92. The zero-order chi connectivity index (χ0) is 28.1. The smallest absolute Gasteiger partial charge is 0.298 e. The molecule has 0 radical (unpaired) electrons. The Morgan fingerprint density at radius 2 is 1.32 bits per heavy atom. The lowest BCUT2D eigenvalue weighted by Crippen LogP contribution is -2.26. The Kier molecular flexibility index (Phi) is 7.41. The molecule has 0 aliphatic heterocycles. The molecule has 2 amide bonds. The summed E-state index contributed by atoms with van der Waals surface area (Å²) >= 11 is 0. The minimum atomic E-state index is -0.833. The topological polar surface area (TPSA) is 116 Å². The average molecular weight is 536 g/mol. The highest BCUT2D eigenvalue weighted by atomic mass is 16.5. The first-order valence-corrected chi connectivity index (χ1v) is 12.2. The predicted molar refractivity (Wildman–Crippen MR) is 150 cm³/mol. The Morgan fingerprint density at radius 3 is 1.93 bits per heavy atom. The van der Waals surface area contributed by atoms with E-state index in [1.807, 2.05) is 30.3 Å². The molecule has 0 saturated carbocycles. The number of ether oxygens (including phenoxy) is 2. The molecule has 2 N–H and O–H groups in total. The first-order valence-electron chi connectivity index (χ1n) is 12.2. The van der Waals surface area contributed by atoms with E-state index in [1.165, 1.54) is 23.9 Å². The molecule has 0 aliphatic rings. The van der Waals surface area contributed by atoms with Crippen LogP contribution < -0.4 is 20.1 Å². The molecule has 0 aliphatic carbocycles. The van der Waals surface area contributed by atoms with Crippen molar-refractivity contribution < 1.29 is 23.9 Å². The molecule has 10 heteroatoms. The van der Waals surface area contributed by atoms with Crippen molar-refractivity contribution >= 4 is 29.0 Å². The van der Waals surface area contributed by atoms with Crippen LogP contribution in [0.25, 0.3) is 11.5 Å².